The average Bonchev–Trinajstić information content (AvgIpc) is 3.31. The first-order valence-corrected chi connectivity index (χ1v) is 12.6. The average molecular weight is 392 g/mol. The predicted molar refractivity (Wildman–Crippen MR) is 113 cm³/mol. The van der Waals surface area contributed by atoms with E-state index in [9.17, 15) is 4.39 Å². The Labute approximate surface area is 171 Å². The van der Waals surface area contributed by atoms with Crippen molar-refractivity contribution in [2.24, 2.45) is 29.6 Å². The number of halogens is 1. The molecule has 0 amide bonds. The van der Waals surface area contributed by atoms with Crippen LogP contribution >= 0.6 is 0 Å². The van der Waals surface area contributed by atoms with E-state index in [0.29, 0.717) is 18.1 Å². The van der Waals surface area contributed by atoms with E-state index in [2.05, 4.69) is 22.5 Å². The van der Waals surface area contributed by atoms with E-state index in [4.69, 9.17) is 0 Å². The summed E-state index contributed by atoms with van der Waals surface area (Å²) in [4.78, 5) is 2.88. The third-order valence-corrected chi connectivity index (χ3v) is 9.28. The minimum atomic E-state index is -0.558. The second-order valence-corrected chi connectivity index (χ2v) is 10.9. The standard InChI is InChI=1S/C24H42FN3/c1-16-12-18(9-10-22(16)25)23-21(8-5-11-26-23)19-13-20-14-27-24(28(20)15-19)17-6-3-2-4-7-17/h16-24,26-27H,2-15H2,1H3. The number of hydrogen-bond acceptors (Lipinski definition) is 3. The molecule has 5 rings (SSSR count). The monoisotopic (exact) mass is 391 g/mol. The Hall–Kier alpha value is -0.190. The first kappa shape index (κ1) is 19.8. The van der Waals surface area contributed by atoms with Crippen molar-refractivity contribution in [3.8, 4) is 0 Å². The lowest BCUT2D eigenvalue weighted by Gasteiger charge is -2.44. The maximum atomic E-state index is 14.1. The Kier molecular flexibility index (Phi) is 6.00. The zero-order chi connectivity index (χ0) is 19.1. The molecule has 2 N–H and O–H groups in total. The molecule has 3 nitrogen and oxygen atoms in total. The third-order valence-electron chi connectivity index (χ3n) is 9.28. The van der Waals surface area contributed by atoms with Crippen molar-refractivity contribution in [3.05, 3.63) is 0 Å². The van der Waals surface area contributed by atoms with Gasteiger partial charge in [0.1, 0.15) is 6.17 Å². The van der Waals surface area contributed by atoms with E-state index in [-0.39, 0.29) is 5.92 Å². The van der Waals surface area contributed by atoms with Crippen LogP contribution in [0.5, 0.6) is 0 Å². The zero-order valence-electron chi connectivity index (χ0n) is 17.9. The summed E-state index contributed by atoms with van der Waals surface area (Å²) in [7, 11) is 0. The molecule has 5 aliphatic rings. The van der Waals surface area contributed by atoms with Gasteiger partial charge in [-0.25, -0.2) is 4.39 Å². The van der Waals surface area contributed by atoms with Gasteiger partial charge < -0.3 is 5.32 Å². The zero-order valence-corrected chi connectivity index (χ0v) is 17.9. The molecule has 8 atom stereocenters. The number of fused-ring (bicyclic) bond motifs is 1. The molecule has 28 heavy (non-hydrogen) atoms. The van der Waals surface area contributed by atoms with Gasteiger partial charge in [0.15, 0.2) is 0 Å². The number of alkyl halides is 1. The molecule has 4 heteroatoms. The van der Waals surface area contributed by atoms with Crippen molar-refractivity contribution in [2.75, 3.05) is 19.6 Å². The summed E-state index contributed by atoms with van der Waals surface area (Å²) in [6.07, 6.45) is 14.4. The topological polar surface area (TPSA) is 27.3 Å². The van der Waals surface area contributed by atoms with Crippen LogP contribution in [0, 0.1) is 29.6 Å². The molecule has 5 fully saturated rings. The summed E-state index contributed by atoms with van der Waals surface area (Å²) < 4.78 is 14.1. The van der Waals surface area contributed by atoms with Crippen LogP contribution in [0.4, 0.5) is 4.39 Å². The normalized spacial score (nSPS) is 48.6. The summed E-state index contributed by atoms with van der Waals surface area (Å²) in [5, 5.41) is 7.84. The molecule has 0 radical (unpaired) electrons. The van der Waals surface area contributed by atoms with E-state index in [1.807, 2.05) is 0 Å². The molecule has 0 aromatic rings. The fourth-order valence-electron chi connectivity index (χ4n) is 7.80. The molecular formula is C24H42FN3. The quantitative estimate of drug-likeness (QED) is 0.750. The Morgan fingerprint density at radius 1 is 0.821 bits per heavy atom. The number of nitrogens with one attached hydrogen (secondary N) is 2. The second-order valence-electron chi connectivity index (χ2n) is 10.9. The van der Waals surface area contributed by atoms with Crippen molar-refractivity contribution >= 4 is 0 Å². The Morgan fingerprint density at radius 2 is 1.68 bits per heavy atom. The lowest BCUT2D eigenvalue weighted by Crippen LogP contribution is -2.51. The van der Waals surface area contributed by atoms with E-state index in [1.54, 1.807) is 0 Å². The van der Waals surface area contributed by atoms with Crippen LogP contribution in [-0.2, 0) is 0 Å². The minimum absolute atomic E-state index is 0.259. The highest BCUT2D eigenvalue weighted by atomic mass is 19.1. The number of hydrogen-bond donors (Lipinski definition) is 2. The molecule has 160 valence electrons. The van der Waals surface area contributed by atoms with Crippen molar-refractivity contribution in [1.29, 1.82) is 0 Å². The molecule has 3 saturated heterocycles. The van der Waals surface area contributed by atoms with Gasteiger partial charge in [0.2, 0.25) is 0 Å². The lowest BCUT2D eigenvalue weighted by molar-refractivity contribution is 0.0698. The first-order valence-electron chi connectivity index (χ1n) is 12.6. The summed E-state index contributed by atoms with van der Waals surface area (Å²) in [6.45, 7) is 5.85. The Bertz CT molecular complexity index is 522. The van der Waals surface area contributed by atoms with E-state index in [0.717, 1.165) is 43.1 Å². The molecule has 2 saturated carbocycles. The van der Waals surface area contributed by atoms with Gasteiger partial charge in [0.05, 0.1) is 6.17 Å². The molecule has 2 aliphatic carbocycles. The highest BCUT2D eigenvalue weighted by Gasteiger charge is 2.48. The van der Waals surface area contributed by atoms with E-state index in [1.165, 1.54) is 71.0 Å². The van der Waals surface area contributed by atoms with Crippen molar-refractivity contribution in [2.45, 2.75) is 102 Å². The fraction of sp³-hybridized carbons (Fsp3) is 1.00. The molecular weight excluding hydrogens is 349 g/mol. The largest absolute Gasteiger partial charge is 0.313 e. The lowest BCUT2D eigenvalue weighted by atomic mass is 9.68. The smallest absolute Gasteiger partial charge is 0.103 e. The van der Waals surface area contributed by atoms with Gasteiger partial charge in [-0.3, -0.25) is 10.2 Å². The molecule has 0 aromatic carbocycles. The second kappa shape index (κ2) is 8.51. The van der Waals surface area contributed by atoms with Gasteiger partial charge in [-0.1, -0.05) is 26.2 Å². The maximum Gasteiger partial charge on any atom is 0.103 e. The summed E-state index contributed by atoms with van der Waals surface area (Å²) >= 11 is 0. The van der Waals surface area contributed by atoms with Crippen LogP contribution in [-0.4, -0.2) is 49.0 Å². The molecule has 0 bridgehead atoms. The van der Waals surface area contributed by atoms with Gasteiger partial charge in [-0.15, -0.1) is 0 Å². The van der Waals surface area contributed by atoms with Crippen molar-refractivity contribution in [3.63, 3.8) is 0 Å². The van der Waals surface area contributed by atoms with Crippen molar-refractivity contribution < 1.29 is 4.39 Å². The molecule has 0 spiro atoms. The van der Waals surface area contributed by atoms with Crippen LogP contribution in [0.25, 0.3) is 0 Å². The van der Waals surface area contributed by atoms with Gasteiger partial charge in [-0.2, -0.15) is 0 Å². The SMILES string of the molecule is CC1CC(C2NCCCC2C2CC3CNC(C4CCCCC4)N3C2)CCC1F. The van der Waals surface area contributed by atoms with Crippen LogP contribution in [0.2, 0.25) is 0 Å². The predicted octanol–water partition coefficient (Wildman–Crippen LogP) is 4.33. The van der Waals surface area contributed by atoms with Gasteiger partial charge in [-0.05, 0) is 87.5 Å². The third kappa shape index (κ3) is 3.78. The first-order chi connectivity index (χ1) is 13.7. The highest BCUT2D eigenvalue weighted by molar-refractivity contribution is 5.02. The molecule has 3 heterocycles. The van der Waals surface area contributed by atoms with Crippen LogP contribution in [0.15, 0.2) is 0 Å². The summed E-state index contributed by atoms with van der Waals surface area (Å²) in [5.74, 6) is 3.53. The summed E-state index contributed by atoms with van der Waals surface area (Å²) in [5.41, 5.74) is 0. The highest BCUT2D eigenvalue weighted by Crippen LogP contribution is 2.44. The van der Waals surface area contributed by atoms with Crippen LogP contribution in [0.1, 0.15) is 77.6 Å². The fourth-order valence-corrected chi connectivity index (χ4v) is 7.80. The molecule has 8 unspecified atom stereocenters. The van der Waals surface area contributed by atoms with E-state index < -0.39 is 6.17 Å². The number of piperidine rings is 1. The number of nitrogens with zero attached hydrogens (tertiary/aromatic N) is 1. The Balaban J connectivity index is 1.25. The van der Waals surface area contributed by atoms with Gasteiger partial charge >= 0.3 is 0 Å². The summed E-state index contributed by atoms with van der Waals surface area (Å²) in [6, 6.07) is 1.43. The van der Waals surface area contributed by atoms with Gasteiger partial charge in [0, 0.05) is 25.2 Å². The Morgan fingerprint density at radius 3 is 2.50 bits per heavy atom. The van der Waals surface area contributed by atoms with E-state index >= 15 is 0 Å². The van der Waals surface area contributed by atoms with Gasteiger partial charge in [0.25, 0.3) is 0 Å². The maximum absolute atomic E-state index is 14.1. The van der Waals surface area contributed by atoms with Crippen LogP contribution in [0.3, 0.4) is 0 Å². The number of rotatable bonds is 3. The molecule has 0 aromatic heterocycles. The van der Waals surface area contributed by atoms with Crippen molar-refractivity contribution in [1.82, 2.24) is 15.5 Å². The van der Waals surface area contributed by atoms with Crippen LogP contribution < -0.4 is 10.6 Å². The minimum Gasteiger partial charge on any atom is -0.313 e. The molecule has 3 aliphatic heterocycles.